The average Bonchev–Trinajstić information content (AvgIpc) is 2.78. The Hall–Kier alpha value is -2.77. The van der Waals surface area contributed by atoms with E-state index in [4.69, 9.17) is 5.11 Å². The topological polar surface area (TPSA) is 111 Å². The minimum Gasteiger partial charge on any atom is -0.476 e. The van der Waals surface area contributed by atoms with Crippen LogP contribution in [0.25, 0.3) is 5.82 Å². The Bertz CT molecular complexity index is 575. The van der Waals surface area contributed by atoms with Gasteiger partial charge < -0.3 is 5.11 Å². The second-order valence-corrected chi connectivity index (χ2v) is 3.10. The standard InChI is InChI=1S/C9H6N4O4/c14-9(15)7-4-12(5-11-7)8-2-1-6(3-10-8)13(16)17/h1-5H,(H,14,15). The quantitative estimate of drug-likeness (QED) is 0.623. The molecule has 8 heteroatoms. The van der Waals surface area contributed by atoms with Gasteiger partial charge in [-0.3, -0.25) is 14.7 Å². The minimum absolute atomic E-state index is 0.120. The molecule has 0 aliphatic carbocycles. The van der Waals surface area contributed by atoms with Crippen LogP contribution in [0, 0.1) is 10.1 Å². The lowest BCUT2D eigenvalue weighted by Crippen LogP contribution is -1.97. The number of hydrogen-bond acceptors (Lipinski definition) is 5. The highest BCUT2D eigenvalue weighted by molar-refractivity contribution is 5.85. The summed E-state index contributed by atoms with van der Waals surface area (Å²) in [5.74, 6) is -0.790. The molecule has 0 saturated heterocycles. The third-order valence-corrected chi connectivity index (χ3v) is 2.01. The van der Waals surface area contributed by atoms with Crippen LogP contribution in [0.2, 0.25) is 0 Å². The number of pyridine rings is 1. The van der Waals surface area contributed by atoms with Crippen molar-refractivity contribution in [1.82, 2.24) is 14.5 Å². The molecule has 2 rings (SSSR count). The molecule has 0 amide bonds. The smallest absolute Gasteiger partial charge is 0.356 e. The van der Waals surface area contributed by atoms with E-state index < -0.39 is 10.9 Å². The molecule has 2 heterocycles. The summed E-state index contributed by atoms with van der Waals surface area (Å²) in [6, 6.07) is 2.69. The third-order valence-electron chi connectivity index (χ3n) is 2.01. The van der Waals surface area contributed by atoms with Gasteiger partial charge in [-0.1, -0.05) is 0 Å². The SMILES string of the molecule is O=C(O)c1cn(-c2ccc([N+](=O)[O-])cn2)cn1. The highest BCUT2D eigenvalue weighted by Gasteiger charge is 2.09. The van der Waals surface area contributed by atoms with Crippen molar-refractivity contribution in [2.75, 3.05) is 0 Å². The van der Waals surface area contributed by atoms with Gasteiger partial charge in [0.05, 0.1) is 4.92 Å². The molecule has 1 N–H and O–H groups in total. The number of carbonyl (C=O) groups is 1. The molecule has 2 aromatic heterocycles. The van der Waals surface area contributed by atoms with E-state index >= 15 is 0 Å². The fourth-order valence-corrected chi connectivity index (χ4v) is 1.20. The van der Waals surface area contributed by atoms with Gasteiger partial charge in [0.25, 0.3) is 5.69 Å². The van der Waals surface area contributed by atoms with E-state index in [0.29, 0.717) is 5.82 Å². The zero-order valence-electron chi connectivity index (χ0n) is 8.35. The van der Waals surface area contributed by atoms with Gasteiger partial charge in [0.1, 0.15) is 18.3 Å². The van der Waals surface area contributed by atoms with Crippen molar-refractivity contribution < 1.29 is 14.8 Å². The Morgan fingerprint density at radius 2 is 2.18 bits per heavy atom. The van der Waals surface area contributed by atoms with Gasteiger partial charge in [0.15, 0.2) is 5.69 Å². The predicted molar refractivity (Wildman–Crippen MR) is 55.0 cm³/mol. The summed E-state index contributed by atoms with van der Waals surface area (Å²) in [5.41, 5.74) is -0.252. The molecule has 0 aromatic carbocycles. The Balaban J connectivity index is 2.33. The van der Waals surface area contributed by atoms with Crippen LogP contribution >= 0.6 is 0 Å². The fourth-order valence-electron chi connectivity index (χ4n) is 1.20. The van der Waals surface area contributed by atoms with E-state index in [1.54, 1.807) is 0 Å². The summed E-state index contributed by atoms with van der Waals surface area (Å²) in [6.45, 7) is 0. The lowest BCUT2D eigenvalue weighted by atomic mass is 10.4. The average molecular weight is 234 g/mol. The summed E-state index contributed by atoms with van der Waals surface area (Å²) in [4.78, 5) is 27.9. The Morgan fingerprint density at radius 3 is 2.65 bits per heavy atom. The van der Waals surface area contributed by atoms with Crippen LogP contribution < -0.4 is 0 Å². The number of carboxylic acid groups (broad SMARTS) is 1. The molecular weight excluding hydrogens is 228 g/mol. The zero-order valence-corrected chi connectivity index (χ0v) is 8.35. The molecule has 2 aromatic rings. The van der Waals surface area contributed by atoms with Crippen LogP contribution in [-0.4, -0.2) is 30.5 Å². The van der Waals surface area contributed by atoms with Crippen LogP contribution in [-0.2, 0) is 0 Å². The maximum absolute atomic E-state index is 10.6. The lowest BCUT2D eigenvalue weighted by molar-refractivity contribution is -0.385. The van der Waals surface area contributed by atoms with Crippen molar-refractivity contribution in [1.29, 1.82) is 0 Å². The largest absolute Gasteiger partial charge is 0.476 e. The summed E-state index contributed by atoms with van der Waals surface area (Å²) < 4.78 is 1.37. The van der Waals surface area contributed by atoms with Crippen LogP contribution in [0.15, 0.2) is 30.9 Å². The summed E-state index contributed by atoms with van der Waals surface area (Å²) in [7, 11) is 0. The van der Waals surface area contributed by atoms with E-state index in [2.05, 4.69) is 9.97 Å². The van der Waals surface area contributed by atoms with E-state index in [9.17, 15) is 14.9 Å². The molecule has 0 aliphatic heterocycles. The zero-order chi connectivity index (χ0) is 12.4. The molecule has 17 heavy (non-hydrogen) atoms. The molecule has 0 spiro atoms. The minimum atomic E-state index is -1.15. The van der Waals surface area contributed by atoms with E-state index in [-0.39, 0.29) is 11.4 Å². The van der Waals surface area contributed by atoms with Gasteiger partial charge in [-0.2, -0.15) is 0 Å². The van der Waals surface area contributed by atoms with Crippen LogP contribution in [0.3, 0.4) is 0 Å². The van der Waals surface area contributed by atoms with Gasteiger partial charge >= 0.3 is 5.97 Å². The van der Waals surface area contributed by atoms with Crippen molar-refractivity contribution in [3.8, 4) is 5.82 Å². The highest BCUT2D eigenvalue weighted by Crippen LogP contribution is 2.12. The number of aromatic carboxylic acids is 1. The van der Waals surface area contributed by atoms with Crippen molar-refractivity contribution in [2.45, 2.75) is 0 Å². The maximum atomic E-state index is 10.6. The first-order valence-corrected chi connectivity index (χ1v) is 4.46. The number of hydrogen-bond donors (Lipinski definition) is 1. The van der Waals surface area contributed by atoms with Crippen LogP contribution in [0.1, 0.15) is 10.5 Å². The third kappa shape index (κ3) is 2.09. The number of carboxylic acids is 1. The summed E-state index contributed by atoms with van der Waals surface area (Å²) in [6.07, 6.45) is 3.64. The second-order valence-electron chi connectivity index (χ2n) is 3.10. The highest BCUT2D eigenvalue weighted by atomic mass is 16.6. The lowest BCUT2D eigenvalue weighted by Gasteiger charge is -1.98. The van der Waals surface area contributed by atoms with Crippen molar-refractivity contribution >= 4 is 11.7 Å². The molecule has 86 valence electrons. The normalized spacial score (nSPS) is 10.1. The Labute approximate surface area is 94.3 Å². The van der Waals surface area contributed by atoms with Gasteiger partial charge in [-0.05, 0) is 6.07 Å². The van der Waals surface area contributed by atoms with Gasteiger partial charge in [0.2, 0.25) is 0 Å². The van der Waals surface area contributed by atoms with Crippen LogP contribution in [0.4, 0.5) is 5.69 Å². The molecule has 0 radical (unpaired) electrons. The molecule has 0 saturated carbocycles. The van der Waals surface area contributed by atoms with Crippen molar-refractivity contribution in [2.24, 2.45) is 0 Å². The van der Waals surface area contributed by atoms with Gasteiger partial charge in [-0.15, -0.1) is 0 Å². The van der Waals surface area contributed by atoms with E-state index in [0.717, 1.165) is 6.20 Å². The summed E-state index contributed by atoms with van der Waals surface area (Å²) in [5, 5.41) is 19.1. The molecule has 0 unspecified atom stereocenters. The van der Waals surface area contributed by atoms with Crippen molar-refractivity contribution in [3.05, 3.63) is 46.7 Å². The Kier molecular flexibility index (Phi) is 2.53. The van der Waals surface area contributed by atoms with E-state index in [1.165, 1.54) is 29.2 Å². The van der Waals surface area contributed by atoms with Gasteiger partial charge in [0, 0.05) is 12.3 Å². The maximum Gasteiger partial charge on any atom is 0.356 e. The van der Waals surface area contributed by atoms with E-state index in [1.807, 2.05) is 0 Å². The fraction of sp³-hybridized carbons (Fsp3) is 0. The molecule has 8 nitrogen and oxygen atoms in total. The first-order valence-electron chi connectivity index (χ1n) is 4.46. The first kappa shape index (κ1) is 10.7. The molecule has 0 aliphatic rings. The molecular formula is C9H6N4O4. The van der Waals surface area contributed by atoms with Gasteiger partial charge in [-0.25, -0.2) is 14.8 Å². The van der Waals surface area contributed by atoms with Crippen molar-refractivity contribution in [3.63, 3.8) is 0 Å². The second kappa shape index (κ2) is 4.00. The number of rotatable bonds is 3. The summed E-state index contributed by atoms with van der Waals surface area (Å²) >= 11 is 0. The number of nitrogens with zero attached hydrogens (tertiary/aromatic N) is 4. The van der Waals surface area contributed by atoms with Crippen LogP contribution in [0.5, 0.6) is 0 Å². The molecule has 0 atom stereocenters. The monoisotopic (exact) mass is 234 g/mol. The number of aromatic nitrogens is 3. The molecule has 0 fully saturated rings. The number of nitro groups is 1. The Morgan fingerprint density at radius 1 is 1.41 bits per heavy atom. The predicted octanol–water partition coefficient (Wildman–Crippen LogP) is 0.874. The number of imidazole rings is 1. The first-order chi connectivity index (χ1) is 8.08. The molecule has 0 bridgehead atoms.